The number of ether oxygens (including phenoxy) is 1. The summed E-state index contributed by atoms with van der Waals surface area (Å²) in [5.74, 6) is 0. The van der Waals surface area contributed by atoms with Gasteiger partial charge in [-0.1, -0.05) is 11.6 Å². The Hall–Kier alpha value is -1.81. The van der Waals surface area contributed by atoms with Crippen molar-refractivity contribution in [3.63, 3.8) is 0 Å². The van der Waals surface area contributed by atoms with Crippen molar-refractivity contribution < 1.29 is 4.74 Å². The molecule has 1 aliphatic rings. The van der Waals surface area contributed by atoms with Gasteiger partial charge < -0.3 is 15.8 Å². The lowest BCUT2D eigenvalue weighted by Crippen LogP contribution is -2.32. The summed E-state index contributed by atoms with van der Waals surface area (Å²) in [7, 11) is 0. The normalized spacial score (nSPS) is 22.9. The van der Waals surface area contributed by atoms with Crippen LogP contribution in [0.5, 0.6) is 0 Å². The Morgan fingerprint density at radius 2 is 2.25 bits per heavy atom. The van der Waals surface area contributed by atoms with Crippen molar-refractivity contribution in [3.05, 3.63) is 30.0 Å². The number of benzene rings is 1. The Kier molecular flexibility index (Phi) is 3.49. The van der Waals surface area contributed by atoms with Crippen molar-refractivity contribution >= 4 is 22.3 Å². The van der Waals surface area contributed by atoms with Gasteiger partial charge in [-0.15, -0.1) is 0 Å². The molecule has 20 heavy (non-hydrogen) atoms. The molecule has 3 rings (SSSR count). The molecule has 4 nitrogen and oxygen atoms in total. The molecule has 2 atom stereocenters. The van der Waals surface area contributed by atoms with Crippen LogP contribution in [-0.4, -0.2) is 23.7 Å². The number of aromatic nitrogens is 1. The topological polar surface area (TPSA) is 60.2 Å². The number of pyridine rings is 1. The number of nitrogens with two attached hydrogens (primary N) is 1. The number of nitrogens with one attached hydrogen (secondary N) is 1. The third kappa shape index (κ3) is 2.56. The van der Waals surface area contributed by atoms with Crippen molar-refractivity contribution in [1.82, 2.24) is 4.98 Å². The van der Waals surface area contributed by atoms with Gasteiger partial charge in [0.2, 0.25) is 0 Å². The molecule has 1 aliphatic heterocycles. The van der Waals surface area contributed by atoms with E-state index in [1.165, 1.54) is 5.56 Å². The number of nitrogens with zero attached hydrogens (tertiary/aromatic N) is 1. The van der Waals surface area contributed by atoms with E-state index in [1.54, 1.807) is 6.20 Å². The van der Waals surface area contributed by atoms with E-state index in [0.717, 1.165) is 36.0 Å². The van der Waals surface area contributed by atoms with Crippen molar-refractivity contribution in [2.75, 3.05) is 17.7 Å². The monoisotopic (exact) mass is 271 g/mol. The lowest BCUT2D eigenvalue weighted by atomic mass is 10.0. The smallest absolute Gasteiger partial charge is 0.0743 e. The van der Waals surface area contributed by atoms with Gasteiger partial charge in [0.1, 0.15) is 0 Å². The van der Waals surface area contributed by atoms with Crippen molar-refractivity contribution in [3.8, 4) is 0 Å². The van der Waals surface area contributed by atoms with Gasteiger partial charge in [0.25, 0.3) is 0 Å². The summed E-state index contributed by atoms with van der Waals surface area (Å²) < 4.78 is 5.60. The number of nitrogen functional groups attached to an aromatic ring is 1. The summed E-state index contributed by atoms with van der Waals surface area (Å²) >= 11 is 0. The number of rotatable bonds is 2. The van der Waals surface area contributed by atoms with Gasteiger partial charge in [-0.25, -0.2) is 0 Å². The molecule has 0 unspecified atom stereocenters. The van der Waals surface area contributed by atoms with Gasteiger partial charge in [-0.3, -0.25) is 4.98 Å². The first-order valence-corrected chi connectivity index (χ1v) is 7.16. The average Bonchev–Trinajstić information content (AvgIpc) is 2.42. The quantitative estimate of drug-likeness (QED) is 0.881. The molecule has 0 amide bonds. The van der Waals surface area contributed by atoms with Crippen molar-refractivity contribution in [1.29, 1.82) is 0 Å². The molecule has 1 aromatic carbocycles. The largest absolute Gasteiger partial charge is 0.396 e. The Balaban J connectivity index is 1.97. The molecular weight excluding hydrogens is 250 g/mol. The molecule has 0 saturated carbocycles. The molecular formula is C16H21N3O. The summed E-state index contributed by atoms with van der Waals surface area (Å²) in [5.41, 5.74) is 10.0. The number of aryl methyl sites for hydroxylation is 1. The molecule has 1 aromatic heterocycles. The number of anilines is 2. The third-order valence-corrected chi connectivity index (χ3v) is 3.89. The number of hydrogen-bond acceptors (Lipinski definition) is 4. The third-order valence-electron chi connectivity index (χ3n) is 3.89. The zero-order valence-corrected chi connectivity index (χ0v) is 12.0. The molecule has 0 radical (unpaired) electrons. The lowest BCUT2D eigenvalue weighted by Gasteiger charge is -2.29. The molecule has 2 heterocycles. The minimum Gasteiger partial charge on any atom is -0.396 e. The first-order chi connectivity index (χ1) is 9.63. The van der Waals surface area contributed by atoms with E-state index < -0.39 is 0 Å². The lowest BCUT2D eigenvalue weighted by molar-refractivity contribution is 0.0232. The number of fused-ring (bicyclic) bond motifs is 1. The molecule has 1 saturated heterocycles. The fourth-order valence-corrected chi connectivity index (χ4v) is 2.82. The summed E-state index contributed by atoms with van der Waals surface area (Å²) in [6.07, 6.45) is 4.06. The van der Waals surface area contributed by atoms with Gasteiger partial charge in [0.15, 0.2) is 0 Å². The fourth-order valence-electron chi connectivity index (χ4n) is 2.82. The molecule has 0 bridgehead atoms. The van der Waals surface area contributed by atoms with Crippen LogP contribution in [0.15, 0.2) is 24.4 Å². The van der Waals surface area contributed by atoms with Gasteiger partial charge in [-0.05, 0) is 38.8 Å². The molecule has 0 spiro atoms. The van der Waals surface area contributed by atoms with E-state index in [-0.39, 0.29) is 0 Å². The van der Waals surface area contributed by atoms with Crippen LogP contribution < -0.4 is 11.1 Å². The highest BCUT2D eigenvalue weighted by Gasteiger charge is 2.20. The van der Waals surface area contributed by atoms with Crippen LogP contribution in [0.4, 0.5) is 11.4 Å². The highest BCUT2D eigenvalue weighted by Crippen LogP contribution is 2.30. The van der Waals surface area contributed by atoms with Gasteiger partial charge in [-0.2, -0.15) is 0 Å². The summed E-state index contributed by atoms with van der Waals surface area (Å²) in [6, 6.07) is 6.67. The Bertz CT molecular complexity index is 621. The molecule has 106 valence electrons. The second kappa shape index (κ2) is 5.29. The van der Waals surface area contributed by atoms with E-state index >= 15 is 0 Å². The standard InChI is InChI=1S/C16H21N3O/c1-10-3-4-15-13(7-10)16(14(17)9-18-15)19-12-5-6-20-11(2)8-12/h3-4,7,9,11-12H,5-6,8,17H2,1-2H3,(H,18,19)/t11-,12-/m1/s1. The summed E-state index contributed by atoms with van der Waals surface area (Å²) in [4.78, 5) is 4.40. The van der Waals surface area contributed by atoms with Crippen LogP contribution in [0.2, 0.25) is 0 Å². The predicted octanol–water partition coefficient (Wildman–Crippen LogP) is 3.10. The minimum atomic E-state index is 0.303. The number of hydrogen-bond donors (Lipinski definition) is 2. The van der Waals surface area contributed by atoms with Crippen LogP contribution in [0, 0.1) is 6.92 Å². The van der Waals surface area contributed by atoms with Crippen LogP contribution in [0.25, 0.3) is 10.9 Å². The zero-order chi connectivity index (χ0) is 14.1. The first-order valence-electron chi connectivity index (χ1n) is 7.16. The van der Waals surface area contributed by atoms with Crippen molar-refractivity contribution in [2.24, 2.45) is 0 Å². The molecule has 0 aliphatic carbocycles. The van der Waals surface area contributed by atoms with Gasteiger partial charge in [0.05, 0.1) is 29.2 Å². The van der Waals surface area contributed by atoms with Crippen LogP contribution in [0.1, 0.15) is 25.3 Å². The predicted molar refractivity (Wildman–Crippen MR) is 83.0 cm³/mol. The van der Waals surface area contributed by atoms with Gasteiger partial charge >= 0.3 is 0 Å². The van der Waals surface area contributed by atoms with E-state index in [0.29, 0.717) is 17.8 Å². The maximum Gasteiger partial charge on any atom is 0.0743 e. The highest BCUT2D eigenvalue weighted by molar-refractivity contribution is 5.97. The minimum absolute atomic E-state index is 0.303. The van der Waals surface area contributed by atoms with E-state index in [1.807, 2.05) is 6.07 Å². The highest BCUT2D eigenvalue weighted by atomic mass is 16.5. The SMILES string of the molecule is Cc1ccc2ncc(N)c(N[C@@H]3CCO[C@H](C)C3)c2c1. The van der Waals surface area contributed by atoms with Crippen LogP contribution in [0.3, 0.4) is 0 Å². The van der Waals surface area contributed by atoms with Crippen LogP contribution in [-0.2, 0) is 4.74 Å². The summed E-state index contributed by atoms with van der Waals surface area (Å²) in [5, 5.41) is 4.71. The van der Waals surface area contributed by atoms with E-state index in [2.05, 4.69) is 36.3 Å². The van der Waals surface area contributed by atoms with Crippen molar-refractivity contribution in [2.45, 2.75) is 38.8 Å². The average molecular weight is 271 g/mol. The summed E-state index contributed by atoms with van der Waals surface area (Å²) in [6.45, 7) is 5.01. The van der Waals surface area contributed by atoms with E-state index in [4.69, 9.17) is 10.5 Å². The fraction of sp³-hybridized carbons (Fsp3) is 0.438. The second-order valence-corrected chi connectivity index (χ2v) is 5.66. The molecule has 2 aromatic rings. The van der Waals surface area contributed by atoms with Crippen LogP contribution >= 0.6 is 0 Å². The first kappa shape index (κ1) is 13.2. The molecule has 4 heteroatoms. The molecule has 3 N–H and O–H groups in total. The molecule has 1 fully saturated rings. The van der Waals surface area contributed by atoms with Gasteiger partial charge in [0, 0.05) is 18.0 Å². The maximum atomic E-state index is 6.13. The Labute approximate surface area is 119 Å². The Morgan fingerprint density at radius 1 is 1.40 bits per heavy atom. The second-order valence-electron chi connectivity index (χ2n) is 5.66. The Morgan fingerprint density at radius 3 is 3.05 bits per heavy atom. The van der Waals surface area contributed by atoms with E-state index in [9.17, 15) is 0 Å². The zero-order valence-electron chi connectivity index (χ0n) is 12.0. The maximum absolute atomic E-state index is 6.13.